The SMILES string of the molecule is CS(=O)(=O)N1CCOc2ccc(NC(=O)Cc3ccc(F)cc3)cc21. The molecule has 1 amide bonds. The molecule has 0 bridgehead atoms. The maximum absolute atomic E-state index is 12.9. The number of nitrogens with one attached hydrogen (secondary N) is 1. The highest BCUT2D eigenvalue weighted by molar-refractivity contribution is 7.92. The van der Waals surface area contributed by atoms with Crippen molar-refractivity contribution in [3.63, 3.8) is 0 Å². The fourth-order valence-corrected chi connectivity index (χ4v) is 3.51. The maximum Gasteiger partial charge on any atom is 0.232 e. The molecule has 1 N–H and O–H groups in total. The molecule has 25 heavy (non-hydrogen) atoms. The number of rotatable bonds is 4. The Morgan fingerprint density at radius 3 is 2.64 bits per heavy atom. The largest absolute Gasteiger partial charge is 0.489 e. The van der Waals surface area contributed by atoms with Gasteiger partial charge in [-0.25, -0.2) is 12.8 Å². The number of hydrogen-bond acceptors (Lipinski definition) is 4. The van der Waals surface area contributed by atoms with E-state index in [-0.39, 0.29) is 31.3 Å². The zero-order valence-electron chi connectivity index (χ0n) is 13.5. The molecule has 2 aromatic rings. The number of halogens is 1. The molecule has 1 aliphatic heterocycles. The van der Waals surface area contributed by atoms with E-state index < -0.39 is 10.0 Å². The number of amides is 1. The fraction of sp³-hybridized carbons (Fsp3) is 0.235. The molecule has 3 rings (SSSR count). The van der Waals surface area contributed by atoms with Crippen molar-refractivity contribution in [2.24, 2.45) is 0 Å². The van der Waals surface area contributed by atoms with Crippen molar-refractivity contribution in [3.05, 3.63) is 53.8 Å². The number of sulfonamides is 1. The molecule has 132 valence electrons. The van der Waals surface area contributed by atoms with Gasteiger partial charge in [-0.1, -0.05) is 12.1 Å². The van der Waals surface area contributed by atoms with Crippen LogP contribution in [-0.4, -0.2) is 33.7 Å². The van der Waals surface area contributed by atoms with E-state index >= 15 is 0 Å². The van der Waals surface area contributed by atoms with Crippen LogP contribution in [0.3, 0.4) is 0 Å². The molecular formula is C17H17FN2O4S. The van der Waals surface area contributed by atoms with Crippen LogP contribution in [0.5, 0.6) is 5.75 Å². The molecule has 0 radical (unpaired) electrons. The summed E-state index contributed by atoms with van der Waals surface area (Å²) in [4.78, 5) is 12.1. The second kappa shape index (κ2) is 6.72. The number of hydrogen-bond donors (Lipinski definition) is 1. The number of benzene rings is 2. The first-order chi connectivity index (χ1) is 11.8. The molecule has 0 aromatic heterocycles. The summed E-state index contributed by atoms with van der Waals surface area (Å²) in [6, 6.07) is 10.5. The summed E-state index contributed by atoms with van der Waals surface area (Å²) in [6.07, 6.45) is 1.21. The van der Waals surface area contributed by atoms with E-state index in [0.717, 1.165) is 6.26 Å². The van der Waals surface area contributed by atoms with Gasteiger partial charge in [-0.05, 0) is 35.9 Å². The van der Waals surface area contributed by atoms with Gasteiger partial charge in [-0.2, -0.15) is 0 Å². The first kappa shape index (κ1) is 17.2. The van der Waals surface area contributed by atoms with Crippen molar-refractivity contribution in [1.29, 1.82) is 0 Å². The van der Waals surface area contributed by atoms with Crippen molar-refractivity contribution in [2.45, 2.75) is 6.42 Å². The first-order valence-corrected chi connectivity index (χ1v) is 9.46. The Hall–Kier alpha value is -2.61. The summed E-state index contributed by atoms with van der Waals surface area (Å²) < 4.78 is 43.4. The molecular weight excluding hydrogens is 347 g/mol. The molecule has 1 aliphatic rings. The summed E-state index contributed by atoms with van der Waals surface area (Å²) in [5, 5.41) is 2.72. The van der Waals surface area contributed by atoms with Crippen molar-refractivity contribution >= 4 is 27.3 Å². The second-order valence-corrected chi connectivity index (χ2v) is 7.62. The van der Waals surface area contributed by atoms with Crippen LogP contribution in [0, 0.1) is 5.82 Å². The van der Waals surface area contributed by atoms with Crippen molar-refractivity contribution in [3.8, 4) is 5.75 Å². The summed E-state index contributed by atoms with van der Waals surface area (Å²) in [6.45, 7) is 0.495. The standard InChI is InChI=1S/C17H17FN2O4S/c1-25(22,23)20-8-9-24-16-7-6-14(11-15(16)20)19-17(21)10-12-2-4-13(18)5-3-12/h2-7,11H,8-10H2,1H3,(H,19,21). The number of carbonyl (C=O) groups excluding carboxylic acids is 1. The van der Waals surface area contributed by atoms with Crippen LogP contribution in [0.1, 0.15) is 5.56 Å². The summed E-state index contributed by atoms with van der Waals surface area (Å²) in [7, 11) is -3.43. The van der Waals surface area contributed by atoms with Gasteiger partial charge in [0.15, 0.2) is 0 Å². The Bertz CT molecular complexity index is 897. The smallest absolute Gasteiger partial charge is 0.232 e. The van der Waals surface area contributed by atoms with Gasteiger partial charge in [0.05, 0.1) is 24.9 Å². The van der Waals surface area contributed by atoms with E-state index in [2.05, 4.69) is 5.32 Å². The Morgan fingerprint density at radius 2 is 1.96 bits per heavy atom. The molecule has 0 aliphatic carbocycles. The van der Waals surface area contributed by atoms with E-state index in [1.807, 2.05) is 0 Å². The van der Waals surface area contributed by atoms with E-state index in [1.165, 1.54) is 16.4 Å². The Balaban J connectivity index is 1.77. The van der Waals surface area contributed by atoms with Gasteiger partial charge in [0.1, 0.15) is 18.2 Å². The van der Waals surface area contributed by atoms with Crippen LogP contribution >= 0.6 is 0 Å². The number of nitrogens with zero attached hydrogens (tertiary/aromatic N) is 1. The van der Waals surface area contributed by atoms with Crippen LogP contribution in [0.4, 0.5) is 15.8 Å². The third kappa shape index (κ3) is 4.08. The minimum Gasteiger partial charge on any atom is -0.489 e. The van der Waals surface area contributed by atoms with E-state index in [1.54, 1.807) is 30.3 Å². The third-order valence-corrected chi connectivity index (χ3v) is 4.92. The van der Waals surface area contributed by atoms with Gasteiger partial charge in [0, 0.05) is 5.69 Å². The van der Waals surface area contributed by atoms with Crippen molar-refractivity contribution in [1.82, 2.24) is 0 Å². The van der Waals surface area contributed by atoms with Gasteiger partial charge in [-0.15, -0.1) is 0 Å². The van der Waals surface area contributed by atoms with Gasteiger partial charge in [-0.3, -0.25) is 9.10 Å². The van der Waals surface area contributed by atoms with Gasteiger partial charge in [0.2, 0.25) is 15.9 Å². The highest BCUT2D eigenvalue weighted by Gasteiger charge is 2.25. The minimum atomic E-state index is -3.43. The lowest BCUT2D eigenvalue weighted by molar-refractivity contribution is -0.115. The molecule has 0 saturated heterocycles. The molecule has 0 fully saturated rings. The molecule has 0 unspecified atom stereocenters. The Labute approximate surface area is 145 Å². The van der Waals surface area contributed by atoms with Crippen LogP contribution in [0.15, 0.2) is 42.5 Å². The topological polar surface area (TPSA) is 75.7 Å². The number of fused-ring (bicyclic) bond motifs is 1. The van der Waals surface area contributed by atoms with Crippen LogP contribution in [0.25, 0.3) is 0 Å². The average molecular weight is 364 g/mol. The molecule has 0 spiro atoms. The van der Waals surface area contributed by atoms with Gasteiger partial charge < -0.3 is 10.1 Å². The maximum atomic E-state index is 12.9. The fourth-order valence-electron chi connectivity index (χ4n) is 2.61. The van der Waals surface area contributed by atoms with Crippen LogP contribution in [0.2, 0.25) is 0 Å². The van der Waals surface area contributed by atoms with Gasteiger partial charge in [0.25, 0.3) is 0 Å². The van der Waals surface area contributed by atoms with E-state index in [4.69, 9.17) is 4.74 Å². The number of anilines is 2. The zero-order chi connectivity index (χ0) is 18.0. The van der Waals surface area contributed by atoms with Crippen LogP contribution < -0.4 is 14.4 Å². The van der Waals surface area contributed by atoms with Crippen molar-refractivity contribution in [2.75, 3.05) is 29.0 Å². The lowest BCUT2D eigenvalue weighted by Gasteiger charge is -2.29. The molecule has 2 aromatic carbocycles. The monoisotopic (exact) mass is 364 g/mol. The quantitative estimate of drug-likeness (QED) is 0.902. The molecule has 1 heterocycles. The minimum absolute atomic E-state index is 0.0870. The molecule has 8 heteroatoms. The highest BCUT2D eigenvalue weighted by Crippen LogP contribution is 2.35. The summed E-state index contributed by atoms with van der Waals surface area (Å²) in [5.41, 5.74) is 1.54. The van der Waals surface area contributed by atoms with Crippen molar-refractivity contribution < 1.29 is 22.3 Å². The first-order valence-electron chi connectivity index (χ1n) is 7.62. The normalized spacial score (nSPS) is 13.8. The van der Waals surface area contributed by atoms with Gasteiger partial charge >= 0.3 is 0 Å². The zero-order valence-corrected chi connectivity index (χ0v) is 14.3. The Kier molecular flexibility index (Phi) is 4.63. The summed E-state index contributed by atoms with van der Waals surface area (Å²) in [5.74, 6) is -0.192. The highest BCUT2D eigenvalue weighted by atomic mass is 32.2. The predicted molar refractivity (Wildman–Crippen MR) is 92.9 cm³/mol. The second-order valence-electron chi connectivity index (χ2n) is 5.72. The third-order valence-electron chi connectivity index (χ3n) is 3.74. The Morgan fingerprint density at radius 1 is 1.24 bits per heavy atom. The number of ether oxygens (including phenoxy) is 1. The predicted octanol–water partition coefficient (Wildman–Crippen LogP) is 2.17. The summed E-state index contributed by atoms with van der Waals surface area (Å²) >= 11 is 0. The van der Waals surface area contributed by atoms with Crippen LogP contribution in [-0.2, 0) is 21.2 Å². The molecule has 6 nitrogen and oxygen atoms in total. The lowest BCUT2D eigenvalue weighted by atomic mass is 10.1. The van der Waals surface area contributed by atoms with E-state index in [0.29, 0.717) is 22.7 Å². The lowest BCUT2D eigenvalue weighted by Crippen LogP contribution is -2.37. The average Bonchev–Trinajstić information content (AvgIpc) is 2.55. The number of carbonyl (C=O) groups is 1. The molecule has 0 atom stereocenters. The molecule has 0 saturated carbocycles. The van der Waals surface area contributed by atoms with E-state index in [9.17, 15) is 17.6 Å².